The molecule has 0 spiro atoms. The molecule has 25 heavy (non-hydrogen) atoms. The summed E-state index contributed by atoms with van der Waals surface area (Å²) in [4.78, 5) is 11.1. The van der Waals surface area contributed by atoms with Crippen LogP contribution in [-0.2, 0) is 0 Å². The molecule has 7 nitrogen and oxygen atoms in total. The lowest BCUT2D eigenvalue weighted by atomic mass is 10.2. The average molecular weight is 339 g/mol. The van der Waals surface area contributed by atoms with E-state index in [0.717, 1.165) is 48.2 Å². The number of nitrogens with zero attached hydrogens (tertiary/aromatic N) is 4. The molecule has 1 aliphatic rings. The van der Waals surface area contributed by atoms with E-state index in [0.29, 0.717) is 6.04 Å². The third-order valence-electron chi connectivity index (χ3n) is 4.54. The van der Waals surface area contributed by atoms with Crippen molar-refractivity contribution in [1.82, 2.24) is 14.4 Å². The second-order valence-electron chi connectivity index (χ2n) is 6.08. The van der Waals surface area contributed by atoms with Crippen LogP contribution in [0.2, 0.25) is 0 Å². The Hall–Kier alpha value is -2.96. The topological polar surface area (TPSA) is 63.9 Å². The largest absolute Gasteiger partial charge is 0.497 e. The Morgan fingerprint density at radius 3 is 2.48 bits per heavy atom. The smallest absolute Gasteiger partial charge is 0.180 e. The van der Waals surface area contributed by atoms with Gasteiger partial charge in [0.2, 0.25) is 0 Å². The maximum absolute atomic E-state index is 5.38. The first-order chi connectivity index (χ1) is 12.3. The fourth-order valence-corrected chi connectivity index (χ4v) is 3.24. The molecule has 1 saturated heterocycles. The maximum Gasteiger partial charge on any atom is 0.180 e. The number of aromatic nitrogens is 3. The number of hydrogen-bond acceptors (Lipinski definition) is 6. The van der Waals surface area contributed by atoms with Crippen LogP contribution in [0.25, 0.3) is 5.65 Å². The van der Waals surface area contributed by atoms with Crippen molar-refractivity contribution in [2.75, 3.05) is 37.5 Å². The fraction of sp³-hybridized carbons (Fsp3) is 0.333. The van der Waals surface area contributed by atoms with E-state index >= 15 is 0 Å². The molecule has 1 N–H and O–H groups in total. The van der Waals surface area contributed by atoms with Crippen molar-refractivity contribution in [1.29, 1.82) is 0 Å². The molecule has 130 valence electrons. The van der Waals surface area contributed by atoms with E-state index in [2.05, 4.69) is 20.2 Å². The first-order valence-electron chi connectivity index (χ1n) is 8.29. The highest BCUT2D eigenvalue weighted by Gasteiger charge is 2.24. The summed E-state index contributed by atoms with van der Waals surface area (Å²) < 4.78 is 12.7. The van der Waals surface area contributed by atoms with E-state index < -0.39 is 0 Å². The van der Waals surface area contributed by atoms with Gasteiger partial charge in [-0.2, -0.15) is 0 Å². The van der Waals surface area contributed by atoms with Crippen molar-refractivity contribution in [3.05, 3.63) is 43.0 Å². The van der Waals surface area contributed by atoms with Crippen LogP contribution in [0, 0.1) is 0 Å². The number of hydrogen-bond donors (Lipinski definition) is 1. The maximum atomic E-state index is 5.38. The summed E-state index contributed by atoms with van der Waals surface area (Å²) in [7, 11) is 3.34. The second-order valence-corrected chi connectivity index (χ2v) is 6.08. The van der Waals surface area contributed by atoms with E-state index in [1.54, 1.807) is 26.6 Å². The van der Waals surface area contributed by atoms with Crippen LogP contribution >= 0.6 is 0 Å². The van der Waals surface area contributed by atoms with Gasteiger partial charge in [-0.25, -0.2) is 9.97 Å². The molecule has 1 atom stereocenters. The predicted molar refractivity (Wildman–Crippen MR) is 96.8 cm³/mol. The molecule has 0 radical (unpaired) electrons. The van der Waals surface area contributed by atoms with Crippen LogP contribution in [0.1, 0.15) is 6.42 Å². The number of benzene rings is 1. The number of fused-ring (bicyclic) bond motifs is 1. The molecule has 3 heterocycles. The molecule has 1 fully saturated rings. The Morgan fingerprint density at radius 1 is 1.04 bits per heavy atom. The summed E-state index contributed by atoms with van der Waals surface area (Å²) in [5.74, 6) is 2.42. The first-order valence-corrected chi connectivity index (χ1v) is 8.29. The average Bonchev–Trinajstić information content (AvgIpc) is 3.31. The number of nitrogens with one attached hydrogen (secondary N) is 1. The van der Waals surface area contributed by atoms with Gasteiger partial charge in [0.25, 0.3) is 0 Å². The minimum atomic E-state index is 0.313. The van der Waals surface area contributed by atoms with E-state index in [1.165, 1.54) is 0 Å². The van der Waals surface area contributed by atoms with Crippen molar-refractivity contribution in [2.45, 2.75) is 12.5 Å². The Kier molecular flexibility index (Phi) is 4.05. The fourth-order valence-electron chi connectivity index (χ4n) is 3.24. The Labute approximate surface area is 146 Å². The second kappa shape index (κ2) is 6.51. The number of imidazole rings is 1. The molecule has 0 amide bonds. The van der Waals surface area contributed by atoms with E-state index in [-0.39, 0.29) is 0 Å². The highest BCUT2D eigenvalue weighted by atomic mass is 16.5. The molecule has 3 aromatic rings. The summed E-state index contributed by atoms with van der Waals surface area (Å²) >= 11 is 0. The van der Waals surface area contributed by atoms with Gasteiger partial charge in [0.1, 0.15) is 11.5 Å². The Morgan fingerprint density at radius 2 is 1.76 bits per heavy atom. The summed E-state index contributed by atoms with van der Waals surface area (Å²) in [6.45, 7) is 1.85. The van der Waals surface area contributed by atoms with Crippen LogP contribution in [0.5, 0.6) is 11.5 Å². The highest BCUT2D eigenvalue weighted by molar-refractivity contribution is 5.63. The zero-order valence-corrected chi connectivity index (χ0v) is 14.3. The normalized spacial score (nSPS) is 17.0. The summed E-state index contributed by atoms with van der Waals surface area (Å²) in [5, 5.41) is 3.53. The first kappa shape index (κ1) is 15.6. The minimum absolute atomic E-state index is 0.313. The molecule has 2 aromatic heterocycles. The number of ether oxygens (including phenoxy) is 2. The minimum Gasteiger partial charge on any atom is -0.497 e. The lowest BCUT2D eigenvalue weighted by Crippen LogP contribution is -2.26. The molecule has 0 bridgehead atoms. The molecule has 0 aliphatic carbocycles. The van der Waals surface area contributed by atoms with Gasteiger partial charge < -0.3 is 24.1 Å². The number of methoxy groups -OCH3 is 2. The van der Waals surface area contributed by atoms with Crippen molar-refractivity contribution in [2.24, 2.45) is 0 Å². The highest BCUT2D eigenvalue weighted by Crippen LogP contribution is 2.31. The zero-order chi connectivity index (χ0) is 17.2. The van der Waals surface area contributed by atoms with Gasteiger partial charge in [-0.05, 0) is 6.42 Å². The van der Waals surface area contributed by atoms with Crippen LogP contribution in [0.3, 0.4) is 0 Å². The van der Waals surface area contributed by atoms with Crippen LogP contribution in [0.15, 0.2) is 43.0 Å². The van der Waals surface area contributed by atoms with Crippen molar-refractivity contribution in [3.63, 3.8) is 0 Å². The summed E-state index contributed by atoms with van der Waals surface area (Å²) in [5.41, 5.74) is 1.96. The lowest BCUT2D eigenvalue weighted by molar-refractivity contribution is 0.394. The standard InChI is InChI=1S/C18H21N5O2/c1-24-15-9-14(10-16(11-15)25-2)23-6-3-13(12-23)21-17-18-20-5-8-22(18)7-4-19-17/h4-5,7-11,13H,3,6,12H2,1-2H3,(H,19,21). The van der Waals surface area contributed by atoms with Gasteiger partial charge in [-0.1, -0.05) is 0 Å². The summed E-state index contributed by atoms with van der Waals surface area (Å²) in [6, 6.07) is 6.28. The Balaban J connectivity index is 1.51. The van der Waals surface area contributed by atoms with Gasteiger partial charge in [0.05, 0.1) is 14.2 Å². The molecule has 0 saturated carbocycles. The molecular weight excluding hydrogens is 318 g/mol. The van der Waals surface area contributed by atoms with Gasteiger partial charge in [-0.15, -0.1) is 0 Å². The molecule has 1 aromatic carbocycles. The van der Waals surface area contributed by atoms with Gasteiger partial charge >= 0.3 is 0 Å². The third-order valence-corrected chi connectivity index (χ3v) is 4.54. The quantitative estimate of drug-likeness (QED) is 0.770. The van der Waals surface area contributed by atoms with Gasteiger partial charge in [-0.3, -0.25) is 0 Å². The van der Waals surface area contributed by atoms with Crippen LogP contribution < -0.4 is 19.7 Å². The van der Waals surface area contributed by atoms with Crippen molar-refractivity contribution >= 4 is 17.2 Å². The van der Waals surface area contributed by atoms with Crippen LogP contribution in [0.4, 0.5) is 11.5 Å². The monoisotopic (exact) mass is 339 g/mol. The number of rotatable bonds is 5. The Bertz CT molecular complexity index is 857. The molecule has 1 aliphatic heterocycles. The lowest BCUT2D eigenvalue weighted by Gasteiger charge is -2.21. The molecule has 7 heteroatoms. The van der Waals surface area contributed by atoms with E-state index in [4.69, 9.17) is 9.47 Å². The third kappa shape index (κ3) is 3.05. The zero-order valence-electron chi connectivity index (χ0n) is 14.3. The summed E-state index contributed by atoms with van der Waals surface area (Å²) in [6.07, 6.45) is 8.42. The van der Waals surface area contributed by atoms with E-state index in [9.17, 15) is 0 Å². The molecule has 4 rings (SSSR count). The van der Waals surface area contributed by atoms with Gasteiger partial charge in [0.15, 0.2) is 11.5 Å². The SMILES string of the molecule is COc1cc(OC)cc(N2CCC(Nc3nccn4ccnc34)C2)c1. The van der Waals surface area contributed by atoms with E-state index in [1.807, 2.05) is 35.0 Å². The van der Waals surface area contributed by atoms with Crippen molar-refractivity contribution in [3.8, 4) is 11.5 Å². The van der Waals surface area contributed by atoms with Crippen LogP contribution in [-0.4, -0.2) is 47.7 Å². The molecule has 1 unspecified atom stereocenters. The van der Waals surface area contributed by atoms with Gasteiger partial charge in [0, 0.05) is 67.8 Å². The number of anilines is 2. The molecular formula is C18H21N5O2. The van der Waals surface area contributed by atoms with Crippen molar-refractivity contribution < 1.29 is 9.47 Å². The predicted octanol–water partition coefficient (Wildman–Crippen LogP) is 2.44.